The molecule has 0 spiro atoms. The maximum absolute atomic E-state index is 12.2. The summed E-state index contributed by atoms with van der Waals surface area (Å²) in [7, 11) is -5.13. The number of nitrogens with zero attached hydrogens (tertiary/aromatic N) is 8. The molecule has 0 aliphatic rings. The summed E-state index contributed by atoms with van der Waals surface area (Å²) in [5.74, 6) is -0.707. The van der Waals surface area contributed by atoms with Gasteiger partial charge in [0.1, 0.15) is 32.9 Å². The van der Waals surface area contributed by atoms with Crippen LogP contribution in [-0.4, -0.2) is 18.1 Å². The van der Waals surface area contributed by atoms with Gasteiger partial charge in [-0.2, -0.15) is 37.7 Å². The van der Waals surface area contributed by atoms with Crippen LogP contribution >= 0.6 is 0 Å². The Kier molecular flexibility index (Phi) is 13.6. The van der Waals surface area contributed by atoms with Crippen molar-refractivity contribution in [2.45, 2.75) is 4.90 Å². The van der Waals surface area contributed by atoms with Gasteiger partial charge in [0.05, 0.1) is 39.0 Å². The molecule has 0 unspecified atom stereocenters. The number of nitrogen functional groups attached to an aromatic ring is 5. The van der Waals surface area contributed by atoms with Crippen molar-refractivity contribution in [3.8, 4) is 5.75 Å². The largest absolute Gasteiger partial charge is 1.00 e. The summed E-state index contributed by atoms with van der Waals surface area (Å²) in [6.07, 6.45) is 0. The number of fused-ring (bicyclic) bond motifs is 1. The minimum Gasteiger partial charge on any atom is -0.744 e. The molecule has 0 aliphatic heterocycles. The normalized spacial score (nSPS) is 11.8. The second-order valence-electron chi connectivity index (χ2n) is 11.0. The van der Waals surface area contributed by atoms with Crippen LogP contribution in [0.4, 0.5) is 73.9 Å². The summed E-state index contributed by atoms with van der Waals surface area (Å²) in [6, 6.07) is 27.6. The maximum atomic E-state index is 12.2. The van der Waals surface area contributed by atoms with E-state index in [1.807, 2.05) is 0 Å². The molecule has 0 fully saturated rings. The number of phenolic OH excluding ortho intramolecular Hbond substituents is 1. The molecule has 11 N–H and O–H groups in total. The monoisotopic (exact) mass is 759 g/mol. The fourth-order valence-electron chi connectivity index (χ4n) is 4.70. The van der Waals surface area contributed by atoms with Gasteiger partial charge in [0.25, 0.3) is 0 Å². The van der Waals surface area contributed by atoms with Gasteiger partial charge in [-0.15, -0.1) is 20.7 Å². The Bertz CT molecular complexity index is 2570. The Morgan fingerprint density at radius 3 is 1.43 bits per heavy atom. The zero-order valence-corrected chi connectivity index (χ0v) is 33.6. The standard InChI is InChI=1S/C34H28N13O4S.2Na/c35-19-2-13-27(25(37)16-19)44-40-21-4-6-23(7-5-21)42-46-29-12-1-18-15-30(52(49,50)51)33(34(48)31(18)32(29)39)47-43-24-10-8-22(9-11-24)41-45-28-14-3-20(36)17-26(28)38;;/h1-11,13-17,48H,35-39H2,(H,49,50,51);;/q-1;2*+1/p-1. The summed E-state index contributed by atoms with van der Waals surface area (Å²) in [4.78, 5) is -0.814. The van der Waals surface area contributed by atoms with E-state index >= 15 is 0 Å². The van der Waals surface area contributed by atoms with Crippen LogP contribution in [0.2, 0.25) is 0 Å². The first-order valence-corrected chi connectivity index (χ1v) is 16.4. The third-order valence-electron chi connectivity index (χ3n) is 7.31. The number of rotatable bonds is 9. The molecule has 0 saturated carbocycles. The predicted molar refractivity (Wildman–Crippen MR) is 197 cm³/mol. The minimum atomic E-state index is -5.13. The van der Waals surface area contributed by atoms with E-state index in [9.17, 15) is 18.1 Å². The van der Waals surface area contributed by atoms with E-state index in [0.29, 0.717) is 51.2 Å². The third kappa shape index (κ3) is 9.81. The van der Waals surface area contributed by atoms with Crippen LogP contribution in [-0.2, 0) is 10.1 Å². The second kappa shape index (κ2) is 17.7. The number of aromatic hydroxyl groups is 1. The van der Waals surface area contributed by atoms with Gasteiger partial charge in [0, 0.05) is 11.4 Å². The second-order valence-corrected chi connectivity index (χ2v) is 12.4. The molecule has 0 radical (unpaired) electrons. The topological polar surface area (TPSA) is 306 Å². The molecule has 0 amide bonds. The van der Waals surface area contributed by atoms with E-state index in [4.69, 9.17) is 28.7 Å². The predicted octanol–water partition coefficient (Wildman–Crippen LogP) is 2.83. The summed E-state index contributed by atoms with van der Waals surface area (Å²) in [5, 5.41) is 44.0. The van der Waals surface area contributed by atoms with Crippen LogP contribution in [0.15, 0.2) is 143 Å². The SMILES string of the molecule is Nc1ccc(N=Nc2ccc(N=Nc3[c-]cc4cc(S(=O)(=O)[O-])c(N=Nc5ccc(N=Nc6ccc(N)cc6N)cc5)c(O)c4c3N)cc2)c(N)c1.[Na+].[Na+]. The Morgan fingerprint density at radius 1 is 0.574 bits per heavy atom. The van der Waals surface area contributed by atoms with E-state index in [1.54, 1.807) is 72.8 Å². The molecule has 0 heterocycles. The Balaban J connectivity index is 0.00000325. The fraction of sp³-hybridized carbons (Fsp3) is 0. The molecule has 20 heteroatoms. The van der Waals surface area contributed by atoms with Gasteiger partial charge in [0.2, 0.25) is 0 Å². The van der Waals surface area contributed by atoms with Gasteiger partial charge in [-0.05, 0) is 96.3 Å². The molecular weight excluding hydrogens is 733 g/mol. The number of benzene rings is 6. The molecule has 6 rings (SSSR count). The van der Waals surface area contributed by atoms with E-state index in [2.05, 4.69) is 47.0 Å². The number of anilines is 5. The zero-order chi connectivity index (χ0) is 37.0. The van der Waals surface area contributed by atoms with Crippen LogP contribution < -0.4 is 87.8 Å². The van der Waals surface area contributed by atoms with Crippen molar-refractivity contribution in [2.75, 3.05) is 28.7 Å². The van der Waals surface area contributed by atoms with E-state index in [-0.39, 0.29) is 86.9 Å². The number of hydrogen-bond donors (Lipinski definition) is 6. The van der Waals surface area contributed by atoms with Crippen LogP contribution in [0.25, 0.3) is 10.8 Å². The fourth-order valence-corrected chi connectivity index (χ4v) is 5.35. The Hall–Kier alpha value is -5.31. The molecular formula is C34H27N13Na2O4S. The molecule has 6 aromatic rings. The first kappa shape index (κ1) is 41.4. The van der Waals surface area contributed by atoms with Crippen molar-refractivity contribution < 1.29 is 77.2 Å². The van der Waals surface area contributed by atoms with Gasteiger partial charge in [-0.25, -0.2) is 8.42 Å². The summed E-state index contributed by atoms with van der Waals surface area (Å²) < 4.78 is 36.6. The Morgan fingerprint density at radius 2 is 1.00 bits per heavy atom. The molecule has 0 aliphatic carbocycles. The molecule has 0 saturated heterocycles. The summed E-state index contributed by atoms with van der Waals surface area (Å²) in [5.41, 5.74) is 33.1. The van der Waals surface area contributed by atoms with Crippen molar-refractivity contribution in [3.63, 3.8) is 0 Å². The van der Waals surface area contributed by atoms with Crippen LogP contribution in [0.1, 0.15) is 0 Å². The number of azo groups is 4. The number of nitrogens with two attached hydrogens (primary N) is 5. The number of phenols is 1. The molecule has 0 atom stereocenters. The molecule has 260 valence electrons. The van der Waals surface area contributed by atoms with Crippen LogP contribution in [0.5, 0.6) is 5.75 Å². The van der Waals surface area contributed by atoms with Gasteiger partial charge < -0.3 is 38.3 Å². The first-order chi connectivity index (χ1) is 24.9. The smallest absolute Gasteiger partial charge is 0.744 e. The molecule has 17 nitrogen and oxygen atoms in total. The van der Waals surface area contributed by atoms with Crippen molar-refractivity contribution in [1.29, 1.82) is 0 Å². The average Bonchev–Trinajstić information content (AvgIpc) is 3.10. The van der Waals surface area contributed by atoms with Crippen molar-refractivity contribution in [2.24, 2.45) is 40.9 Å². The van der Waals surface area contributed by atoms with Gasteiger partial charge in [-0.3, -0.25) is 0 Å². The quantitative estimate of drug-likeness (QED) is 0.0414. The first-order valence-electron chi connectivity index (χ1n) is 15.0. The summed E-state index contributed by atoms with van der Waals surface area (Å²) in [6.45, 7) is 0. The van der Waals surface area contributed by atoms with Crippen molar-refractivity contribution >= 4 is 94.8 Å². The van der Waals surface area contributed by atoms with E-state index in [0.717, 1.165) is 6.07 Å². The van der Waals surface area contributed by atoms with E-state index in [1.165, 1.54) is 18.2 Å². The summed E-state index contributed by atoms with van der Waals surface area (Å²) >= 11 is 0. The van der Waals surface area contributed by atoms with Gasteiger partial charge in [-0.1, -0.05) is 11.5 Å². The molecule has 54 heavy (non-hydrogen) atoms. The van der Waals surface area contributed by atoms with Crippen molar-refractivity contribution in [3.05, 3.63) is 103 Å². The van der Waals surface area contributed by atoms with Crippen molar-refractivity contribution in [1.82, 2.24) is 0 Å². The average molecular weight is 760 g/mol. The van der Waals surface area contributed by atoms with Crippen LogP contribution in [0.3, 0.4) is 0 Å². The van der Waals surface area contributed by atoms with E-state index < -0.39 is 26.5 Å². The molecule has 0 bridgehead atoms. The van der Waals surface area contributed by atoms with Gasteiger partial charge in [0.15, 0.2) is 0 Å². The zero-order valence-electron chi connectivity index (χ0n) is 28.8. The Labute approximate surface area is 352 Å². The van der Waals surface area contributed by atoms with Crippen LogP contribution in [0, 0.1) is 6.07 Å². The maximum Gasteiger partial charge on any atom is 1.00 e. The third-order valence-corrected chi connectivity index (χ3v) is 8.16. The minimum absolute atomic E-state index is 0. The molecule has 6 aromatic carbocycles. The number of hydrogen-bond acceptors (Lipinski definition) is 17. The molecule has 0 aromatic heterocycles. The van der Waals surface area contributed by atoms with Gasteiger partial charge >= 0.3 is 59.1 Å².